The van der Waals surface area contributed by atoms with Crippen LogP contribution in [0.25, 0.3) is 0 Å². The molecule has 0 bridgehead atoms. The van der Waals surface area contributed by atoms with Crippen LogP contribution in [0.3, 0.4) is 0 Å². The molecule has 1 atom stereocenters. The van der Waals surface area contributed by atoms with Crippen LogP contribution in [-0.4, -0.2) is 76.9 Å². The molecule has 3 heterocycles. The molecule has 11 nitrogen and oxygen atoms in total. The van der Waals surface area contributed by atoms with Crippen LogP contribution in [0.2, 0.25) is 5.02 Å². The molecule has 1 fully saturated rings. The van der Waals surface area contributed by atoms with Gasteiger partial charge in [-0.2, -0.15) is 4.31 Å². The molecule has 2 aromatic carbocycles. The number of amides is 1. The molecule has 2 aliphatic heterocycles. The van der Waals surface area contributed by atoms with Crippen molar-refractivity contribution < 1.29 is 22.7 Å². The number of thioether (sulfide) groups is 1. The third kappa shape index (κ3) is 4.96. The molecule has 0 unspecified atom stereocenters. The van der Waals surface area contributed by atoms with Crippen molar-refractivity contribution in [3.8, 4) is 11.5 Å². The monoisotopic (exact) mass is 550 g/mol. The first kappa shape index (κ1) is 24.7. The fourth-order valence-electron chi connectivity index (χ4n) is 3.90. The zero-order chi connectivity index (χ0) is 25.3. The van der Waals surface area contributed by atoms with Crippen LogP contribution in [0.1, 0.15) is 11.9 Å². The molecule has 0 radical (unpaired) electrons. The number of ether oxygens (including phenoxy) is 2. The highest BCUT2D eigenvalue weighted by Gasteiger charge is 2.31. The van der Waals surface area contributed by atoms with E-state index in [2.05, 4.69) is 10.2 Å². The highest BCUT2D eigenvalue weighted by Crippen LogP contribution is 2.35. The van der Waals surface area contributed by atoms with Gasteiger partial charge in [-0.3, -0.25) is 4.79 Å². The Balaban J connectivity index is 1.15. The Labute approximate surface area is 217 Å². The molecular weight excluding hydrogens is 528 g/mol. The number of rotatable bonds is 6. The van der Waals surface area contributed by atoms with E-state index in [1.807, 2.05) is 18.2 Å². The van der Waals surface area contributed by atoms with E-state index in [0.29, 0.717) is 40.6 Å². The molecule has 14 heteroatoms. The minimum atomic E-state index is -3.64. The van der Waals surface area contributed by atoms with Gasteiger partial charge in [0.25, 0.3) is 0 Å². The van der Waals surface area contributed by atoms with Crippen LogP contribution >= 0.6 is 23.4 Å². The quantitative estimate of drug-likeness (QED) is 0.360. The Morgan fingerprint density at radius 1 is 1.06 bits per heavy atom. The third-order valence-electron chi connectivity index (χ3n) is 5.85. The maximum atomic E-state index is 12.8. The highest BCUT2D eigenvalue weighted by molar-refractivity contribution is 7.99. The third-order valence-corrected chi connectivity index (χ3v) is 8.95. The molecule has 0 spiro atoms. The smallest absolute Gasteiger partial charge is 0.243 e. The first-order valence-electron chi connectivity index (χ1n) is 11.1. The van der Waals surface area contributed by atoms with E-state index in [9.17, 15) is 13.2 Å². The minimum absolute atomic E-state index is 0.0874. The molecule has 5 rings (SSSR count). The number of nitrogens with two attached hydrogens (primary N) is 1. The fraction of sp³-hybridized carbons (Fsp3) is 0.318. The molecular formula is C22H23ClN6O5S2. The second kappa shape index (κ2) is 10.2. The van der Waals surface area contributed by atoms with Gasteiger partial charge in [-0.05, 0) is 36.4 Å². The Hall–Kier alpha value is -3.00. The van der Waals surface area contributed by atoms with Crippen LogP contribution in [0.4, 0.5) is 0 Å². The fourth-order valence-corrected chi connectivity index (χ4v) is 6.22. The van der Waals surface area contributed by atoms with Gasteiger partial charge in [-0.1, -0.05) is 35.5 Å². The Kier molecular flexibility index (Phi) is 6.97. The number of nitrogen functional groups attached to an aromatic ring is 1. The topological polar surface area (TPSA) is 133 Å². The van der Waals surface area contributed by atoms with Crippen molar-refractivity contribution >= 4 is 39.3 Å². The second-order valence-electron chi connectivity index (χ2n) is 8.10. The molecule has 190 valence electrons. The number of fused-ring (bicyclic) bond motifs is 1. The Morgan fingerprint density at radius 3 is 2.47 bits per heavy atom. The summed E-state index contributed by atoms with van der Waals surface area (Å²) in [6, 6.07) is 13.4. The van der Waals surface area contributed by atoms with Gasteiger partial charge in [0.15, 0.2) is 23.4 Å². The average Bonchev–Trinajstić information content (AvgIpc) is 3.27. The van der Waals surface area contributed by atoms with E-state index in [0.717, 1.165) is 11.8 Å². The molecule has 2 aliphatic rings. The number of carbonyl (C=O) groups excluding carboxylic acids is 1. The first-order chi connectivity index (χ1) is 17.3. The van der Waals surface area contributed by atoms with Gasteiger partial charge in [0.05, 0.1) is 10.6 Å². The average molecular weight is 551 g/mol. The van der Waals surface area contributed by atoms with Crippen molar-refractivity contribution in [2.75, 3.05) is 44.4 Å². The van der Waals surface area contributed by atoms with E-state index in [-0.39, 0.29) is 36.3 Å². The van der Waals surface area contributed by atoms with Gasteiger partial charge in [0.1, 0.15) is 6.61 Å². The van der Waals surface area contributed by atoms with E-state index >= 15 is 0 Å². The van der Waals surface area contributed by atoms with Gasteiger partial charge in [0.2, 0.25) is 21.1 Å². The van der Waals surface area contributed by atoms with Crippen molar-refractivity contribution in [3.63, 3.8) is 0 Å². The standard InChI is InChI=1S/C22H23ClN6O5S2/c23-15-5-7-16(8-6-15)36(31,32)28-11-9-27(10-12-28)20(30)14-35-22-26-25-21(29(22)24)19-13-33-17-3-1-2-4-18(17)34-19/h1-8,19H,9-14,24H2/t19-/m1/s1. The summed E-state index contributed by atoms with van der Waals surface area (Å²) in [5.41, 5.74) is 0. The minimum Gasteiger partial charge on any atom is -0.485 e. The van der Waals surface area contributed by atoms with Crippen LogP contribution in [0, 0.1) is 0 Å². The van der Waals surface area contributed by atoms with Gasteiger partial charge in [0, 0.05) is 31.2 Å². The molecule has 0 saturated carbocycles. The predicted octanol–water partition coefficient (Wildman–Crippen LogP) is 1.78. The lowest BCUT2D eigenvalue weighted by atomic mass is 10.2. The summed E-state index contributed by atoms with van der Waals surface area (Å²) >= 11 is 7.02. The van der Waals surface area contributed by atoms with Gasteiger partial charge in [-0.15, -0.1) is 10.2 Å². The van der Waals surface area contributed by atoms with Crippen LogP contribution in [-0.2, 0) is 14.8 Å². The molecule has 2 N–H and O–H groups in total. The number of piperazine rings is 1. The first-order valence-corrected chi connectivity index (χ1v) is 13.9. The number of aromatic nitrogens is 3. The maximum absolute atomic E-state index is 12.8. The summed E-state index contributed by atoms with van der Waals surface area (Å²) in [6.07, 6.45) is -0.530. The van der Waals surface area contributed by atoms with Crippen molar-refractivity contribution in [2.45, 2.75) is 16.2 Å². The van der Waals surface area contributed by atoms with Crippen LogP contribution in [0.15, 0.2) is 58.6 Å². The van der Waals surface area contributed by atoms with E-state index in [4.69, 9.17) is 26.9 Å². The SMILES string of the molecule is Nn1c(SCC(=O)N2CCN(S(=O)(=O)c3ccc(Cl)cc3)CC2)nnc1[C@H]1COc2ccccc2O1. The molecule has 0 aliphatic carbocycles. The highest BCUT2D eigenvalue weighted by atomic mass is 35.5. The zero-order valence-corrected chi connectivity index (χ0v) is 21.4. The number of benzene rings is 2. The number of hydrogen-bond acceptors (Lipinski definition) is 9. The van der Waals surface area contributed by atoms with Crippen LogP contribution < -0.4 is 15.3 Å². The largest absolute Gasteiger partial charge is 0.485 e. The molecule has 3 aromatic rings. The summed E-state index contributed by atoms with van der Waals surface area (Å²) in [5, 5.41) is 9.06. The van der Waals surface area contributed by atoms with Crippen molar-refractivity contribution in [1.82, 2.24) is 24.1 Å². The summed E-state index contributed by atoms with van der Waals surface area (Å²) in [6.45, 7) is 1.23. The predicted molar refractivity (Wildman–Crippen MR) is 133 cm³/mol. The molecule has 1 saturated heterocycles. The molecule has 36 heavy (non-hydrogen) atoms. The number of para-hydroxylation sites is 2. The number of carbonyl (C=O) groups is 1. The summed E-state index contributed by atoms with van der Waals surface area (Å²) in [4.78, 5) is 14.6. The number of halogens is 1. The van der Waals surface area contributed by atoms with Gasteiger partial charge < -0.3 is 20.2 Å². The molecule has 1 aromatic heterocycles. The summed E-state index contributed by atoms with van der Waals surface area (Å²) in [5.74, 6) is 7.76. The summed E-state index contributed by atoms with van der Waals surface area (Å²) < 4.78 is 40.0. The lowest BCUT2D eigenvalue weighted by Crippen LogP contribution is -2.51. The van der Waals surface area contributed by atoms with Crippen molar-refractivity contribution in [3.05, 3.63) is 59.4 Å². The lowest BCUT2D eigenvalue weighted by Gasteiger charge is -2.34. The lowest BCUT2D eigenvalue weighted by molar-refractivity contribution is -0.129. The normalized spacial score (nSPS) is 18.2. The van der Waals surface area contributed by atoms with Gasteiger partial charge in [-0.25, -0.2) is 13.1 Å². The van der Waals surface area contributed by atoms with Crippen molar-refractivity contribution in [2.24, 2.45) is 0 Å². The van der Waals surface area contributed by atoms with E-state index in [1.54, 1.807) is 23.1 Å². The Bertz CT molecular complexity index is 1360. The van der Waals surface area contributed by atoms with Gasteiger partial charge >= 0.3 is 0 Å². The molecule has 1 amide bonds. The second-order valence-corrected chi connectivity index (χ2v) is 11.4. The number of sulfonamides is 1. The summed E-state index contributed by atoms with van der Waals surface area (Å²) in [7, 11) is -3.64. The number of nitrogens with zero attached hydrogens (tertiary/aromatic N) is 5. The van der Waals surface area contributed by atoms with Crippen molar-refractivity contribution in [1.29, 1.82) is 0 Å². The number of hydrogen-bond donors (Lipinski definition) is 1. The Morgan fingerprint density at radius 2 is 1.75 bits per heavy atom. The van der Waals surface area contributed by atoms with E-state index < -0.39 is 16.1 Å². The maximum Gasteiger partial charge on any atom is 0.243 e. The zero-order valence-electron chi connectivity index (χ0n) is 19.0. The van der Waals surface area contributed by atoms with Crippen LogP contribution in [0.5, 0.6) is 11.5 Å². The van der Waals surface area contributed by atoms with E-state index in [1.165, 1.54) is 21.1 Å².